The Morgan fingerprint density at radius 2 is 2.00 bits per heavy atom. The van der Waals surface area contributed by atoms with Gasteiger partial charge in [-0.2, -0.15) is 0 Å². The van der Waals surface area contributed by atoms with Crippen LogP contribution in [-0.4, -0.2) is 0 Å². The summed E-state index contributed by atoms with van der Waals surface area (Å²) in [7, 11) is 0. The molecule has 3 aliphatic rings. The van der Waals surface area contributed by atoms with E-state index in [0.717, 1.165) is 16.7 Å². The van der Waals surface area contributed by atoms with E-state index in [1.807, 2.05) is 0 Å². The van der Waals surface area contributed by atoms with E-state index >= 15 is 0 Å². The van der Waals surface area contributed by atoms with Crippen molar-refractivity contribution in [1.29, 1.82) is 0 Å². The van der Waals surface area contributed by atoms with Gasteiger partial charge < -0.3 is 0 Å². The first-order valence-corrected chi connectivity index (χ1v) is 4.19. The molecule has 50 valence electrons. The summed E-state index contributed by atoms with van der Waals surface area (Å²) in [4.78, 5) is 0. The minimum atomic E-state index is 0.790. The van der Waals surface area contributed by atoms with E-state index in [1.54, 1.807) is 0 Å². The van der Waals surface area contributed by atoms with Gasteiger partial charge in [-0.3, -0.25) is 0 Å². The zero-order valence-corrected chi connectivity index (χ0v) is 6.44. The van der Waals surface area contributed by atoms with Gasteiger partial charge in [0.15, 0.2) is 0 Å². The summed E-state index contributed by atoms with van der Waals surface area (Å²) in [6.07, 6.45) is 1.45. The Bertz CT molecular complexity index is 192. The van der Waals surface area contributed by atoms with Gasteiger partial charge in [0.25, 0.3) is 0 Å². The van der Waals surface area contributed by atoms with Crippen LogP contribution in [-0.2, 0) is 0 Å². The molecule has 4 unspecified atom stereocenters. The Kier molecular flexibility index (Phi) is 0.428. The SMILES string of the molecule is CCC1C2C3C(C)(C)C123. The molecule has 0 aromatic rings. The number of hydrogen-bond acceptors (Lipinski definition) is 0. The maximum atomic E-state index is 2.45. The molecule has 0 aliphatic heterocycles. The zero-order valence-electron chi connectivity index (χ0n) is 6.44. The summed E-state index contributed by atoms with van der Waals surface area (Å²) in [6, 6.07) is 0. The van der Waals surface area contributed by atoms with E-state index in [4.69, 9.17) is 0 Å². The van der Waals surface area contributed by atoms with Gasteiger partial charge in [0.2, 0.25) is 0 Å². The molecular weight excluding hydrogens is 108 g/mol. The Balaban J connectivity index is 1.88. The molecule has 0 radical (unpaired) electrons. The summed E-state index contributed by atoms with van der Waals surface area (Å²) >= 11 is 0. The fraction of sp³-hybridized carbons (Fsp3) is 1.00. The van der Waals surface area contributed by atoms with E-state index in [1.165, 1.54) is 18.3 Å². The first-order chi connectivity index (χ1) is 4.19. The van der Waals surface area contributed by atoms with Gasteiger partial charge in [-0.15, -0.1) is 0 Å². The Morgan fingerprint density at radius 1 is 1.33 bits per heavy atom. The van der Waals surface area contributed by atoms with Crippen molar-refractivity contribution in [3.63, 3.8) is 0 Å². The van der Waals surface area contributed by atoms with Crippen molar-refractivity contribution in [2.75, 3.05) is 0 Å². The fourth-order valence-corrected chi connectivity index (χ4v) is 4.02. The molecular formula is C9H14. The molecule has 3 aliphatic carbocycles. The normalized spacial score (nSPS) is 70.3. The average molecular weight is 122 g/mol. The maximum Gasteiger partial charge on any atom is -0.0141 e. The van der Waals surface area contributed by atoms with Gasteiger partial charge in [0.1, 0.15) is 0 Å². The molecule has 1 spiro atoms. The lowest BCUT2D eigenvalue weighted by Gasteiger charge is -2.03. The van der Waals surface area contributed by atoms with Crippen molar-refractivity contribution >= 4 is 0 Å². The predicted octanol–water partition coefficient (Wildman–Crippen LogP) is 2.30. The van der Waals surface area contributed by atoms with Crippen molar-refractivity contribution in [2.45, 2.75) is 27.2 Å². The number of fused-ring (bicyclic) bond motifs is 1. The molecule has 3 saturated carbocycles. The third kappa shape index (κ3) is 0.210. The first-order valence-electron chi connectivity index (χ1n) is 4.19. The number of hydrogen-bond donors (Lipinski definition) is 0. The lowest BCUT2D eigenvalue weighted by molar-refractivity contribution is 0.449. The van der Waals surface area contributed by atoms with Gasteiger partial charge in [-0.25, -0.2) is 0 Å². The monoisotopic (exact) mass is 122 g/mol. The second-order valence-corrected chi connectivity index (χ2v) is 4.67. The van der Waals surface area contributed by atoms with Crippen molar-refractivity contribution in [1.82, 2.24) is 0 Å². The highest BCUT2D eigenvalue weighted by Crippen LogP contribution is 3.09. The third-order valence-electron chi connectivity index (χ3n) is 4.50. The van der Waals surface area contributed by atoms with Gasteiger partial charge in [0.05, 0.1) is 0 Å². The van der Waals surface area contributed by atoms with E-state index in [2.05, 4.69) is 20.8 Å². The van der Waals surface area contributed by atoms with Crippen LogP contribution >= 0.6 is 0 Å². The molecule has 0 aromatic carbocycles. The second kappa shape index (κ2) is 0.810. The van der Waals surface area contributed by atoms with Crippen LogP contribution < -0.4 is 0 Å². The molecule has 0 heteroatoms. The van der Waals surface area contributed by atoms with Crippen LogP contribution in [0.3, 0.4) is 0 Å². The smallest absolute Gasteiger partial charge is 0.0141 e. The predicted molar refractivity (Wildman–Crippen MR) is 37.0 cm³/mol. The van der Waals surface area contributed by atoms with E-state index in [9.17, 15) is 0 Å². The molecule has 3 rings (SSSR count). The van der Waals surface area contributed by atoms with E-state index in [-0.39, 0.29) is 0 Å². The molecule has 0 amide bonds. The van der Waals surface area contributed by atoms with Crippen LogP contribution in [0.2, 0.25) is 0 Å². The third-order valence-corrected chi connectivity index (χ3v) is 4.50. The first kappa shape index (κ1) is 4.76. The molecule has 4 atom stereocenters. The summed E-state index contributed by atoms with van der Waals surface area (Å²) < 4.78 is 0. The molecule has 0 N–H and O–H groups in total. The molecule has 9 heavy (non-hydrogen) atoms. The summed E-state index contributed by atoms with van der Waals surface area (Å²) in [5, 5.41) is 0. The molecule has 3 fully saturated rings. The minimum absolute atomic E-state index is 0.790. The topological polar surface area (TPSA) is 0 Å². The highest BCUT2D eigenvalue weighted by atomic mass is 15.1. The van der Waals surface area contributed by atoms with Crippen LogP contribution in [0.1, 0.15) is 27.2 Å². The minimum Gasteiger partial charge on any atom is -0.0651 e. The maximum absolute atomic E-state index is 2.45. The lowest BCUT2D eigenvalue weighted by atomic mass is 10.0. The zero-order chi connectivity index (χ0) is 6.44. The van der Waals surface area contributed by atoms with Crippen LogP contribution in [0.15, 0.2) is 0 Å². The fourth-order valence-electron chi connectivity index (χ4n) is 4.02. The summed E-state index contributed by atoms with van der Waals surface area (Å²) in [5.41, 5.74) is 1.74. The number of rotatable bonds is 1. The Morgan fingerprint density at radius 3 is 2.11 bits per heavy atom. The summed E-state index contributed by atoms with van der Waals surface area (Å²) in [6.45, 7) is 7.24. The Hall–Kier alpha value is 0. The van der Waals surface area contributed by atoms with Gasteiger partial charge in [-0.05, 0) is 28.6 Å². The van der Waals surface area contributed by atoms with Crippen LogP contribution in [0.25, 0.3) is 0 Å². The summed E-state index contributed by atoms with van der Waals surface area (Å²) in [5.74, 6) is 3.57. The van der Waals surface area contributed by atoms with Gasteiger partial charge in [-0.1, -0.05) is 27.2 Å². The van der Waals surface area contributed by atoms with Crippen molar-refractivity contribution in [3.8, 4) is 0 Å². The van der Waals surface area contributed by atoms with Crippen LogP contribution in [0.4, 0.5) is 0 Å². The van der Waals surface area contributed by atoms with Crippen LogP contribution in [0.5, 0.6) is 0 Å². The quantitative estimate of drug-likeness (QED) is 0.500. The molecule has 0 bridgehead atoms. The molecule has 0 nitrogen and oxygen atoms in total. The van der Waals surface area contributed by atoms with E-state index < -0.39 is 0 Å². The highest BCUT2D eigenvalue weighted by molar-refractivity contribution is 5.52. The van der Waals surface area contributed by atoms with Crippen LogP contribution in [0, 0.1) is 28.6 Å². The lowest BCUT2D eigenvalue weighted by Crippen LogP contribution is -1.97. The Labute approximate surface area is 56.6 Å². The largest absolute Gasteiger partial charge is 0.0651 e. The average Bonchev–Trinajstić information content (AvgIpc) is 2.49. The van der Waals surface area contributed by atoms with Crippen molar-refractivity contribution in [2.24, 2.45) is 28.6 Å². The molecule has 0 aromatic heterocycles. The van der Waals surface area contributed by atoms with Gasteiger partial charge in [0, 0.05) is 0 Å². The standard InChI is InChI=1S/C9H14/c1-4-5-6-7-8(2,3)9(5,6)7/h5-7H,4H2,1-3H3. The van der Waals surface area contributed by atoms with Gasteiger partial charge >= 0.3 is 0 Å². The molecule has 0 saturated heterocycles. The molecule has 0 heterocycles. The second-order valence-electron chi connectivity index (χ2n) is 4.67. The van der Waals surface area contributed by atoms with E-state index in [0.29, 0.717) is 0 Å². The van der Waals surface area contributed by atoms with Crippen molar-refractivity contribution < 1.29 is 0 Å². The van der Waals surface area contributed by atoms with Crippen molar-refractivity contribution in [3.05, 3.63) is 0 Å². The highest BCUT2D eigenvalue weighted by Gasteiger charge is 3.05.